The smallest absolute Gasteiger partial charge is 0.273 e. The molecule has 0 amide bonds. The van der Waals surface area contributed by atoms with Gasteiger partial charge in [0.2, 0.25) is 0 Å². The third-order valence-corrected chi connectivity index (χ3v) is 7.34. The summed E-state index contributed by atoms with van der Waals surface area (Å²) in [7, 11) is 0. The Morgan fingerprint density at radius 2 is 1.87 bits per heavy atom. The van der Waals surface area contributed by atoms with Crippen molar-refractivity contribution in [3.8, 4) is 5.69 Å². The van der Waals surface area contributed by atoms with E-state index in [9.17, 15) is 9.59 Å². The molecule has 2 aromatic heterocycles. The molecular weight excluding hydrogens is 502 g/mol. The SMILES string of the molecule is CCn1c(SCC(=O)c2ccc(Br)cc2)nc2c(sc(=S)n2-c2ccccc2)c1=O. The summed E-state index contributed by atoms with van der Waals surface area (Å²) in [5, 5.41) is 0.512. The van der Waals surface area contributed by atoms with Crippen LogP contribution < -0.4 is 5.56 Å². The van der Waals surface area contributed by atoms with Crippen molar-refractivity contribution in [1.82, 2.24) is 14.1 Å². The number of thiazole rings is 1. The average molecular weight is 518 g/mol. The lowest BCUT2D eigenvalue weighted by atomic mass is 10.2. The Kier molecular flexibility index (Phi) is 6.33. The topological polar surface area (TPSA) is 56.9 Å². The van der Waals surface area contributed by atoms with Crippen LogP contribution in [-0.2, 0) is 6.54 Å². The van der Waals surface area contributed by atoms with Gasteiger partial charge < -0.3 is 0 Å². The summed E-state index contributed by atoms with van der Waals surface area (Å²) in [6.45, 7) is 2.36. The average Bonchev–Trinajstić information content (AvgIpc) is 3.09. The summed E-state index contributed by atoms with van der Waals surface area (Å²) in [5.74, 6) is 0.171. The highest BCUT2D eigenvalue weighted by atomic mass is 79.9. The molecule has 0 aliphatic heterocycles. The molecule has 152 valence electrons. The van der Waals surface area contributed by atoms with Crippen LogP contribution in [-0.4, -0.2) is 25.7 Å². The van der Waals surface area contributed by atoms with Gasteiger partial charge in [-0.05, 0) is 43.4 Å². The maximum Gasteiger partial charge on any atom is 0.273 e. The van der Waals surface area contributed by atoms with Crippen molar-refractivity contribution in [2.24, 2.45) is 0 Å². The molecule has 2 heterocycles. The van der Waals surface area contributed by atoms with E-state index in [0.29, 0.717) is 31.6 Å². The quantitative estimate of drug-likeness (QED) is 0.141. The molecule has 0 aliphatic carbocycles. The first kappa shape index (κ1) is 21.2. The predicted molar refractivity (Wildman–Crippen MR) is 129 cm³/mol. The summed E-state index contributed by atoms with van der Waals surface area (Å²) in [6.07, 6.45) is 0. The number of halogens is 1. The number of Topliss-reactive ketones (excluding diaryl/α,β-unsaturated/α-hetero) is 1. The third kappa shape index (κ3) is 4.07. The zero-order valence-electron chi connectivity index (χ0n) is 15.9. The molecular formula is C21H16BrN3O2S3. The van der Waals surface area contributed by atoms with Crippen LogP contribution in [0.5, 0.6) is 0 Å². The number of carbonyl (C=O) groups is 1. The van der Waals surface area contributed by atoms with Gasteiger partial charge in [0.05, 0.1) is 5.75 Å². The maximum atomic E-state index is 13.1. The molecule has 0 fully saturated rings. The maximum absolute atomic E-state index is 13.1. The van der Waals surface area contributed by atoms with E-state index in [-0.39, 0.29) is 17.1 Å². The van der Waals surface area contributed by atoms with Gasteiger partial charge in [0.25, 0.3) is 5.56 Å². The Bertz CT molecular complexity index is 1340. The van der Waals surface area contributed by atoms with Gasteiger partial charge in [-0.15, -0.1) is 0 Å². The van der Waals surface area contributed by atoms with Crippen molar-refractivity contribution in [2.45, 2.75) is 18.6 Å². The monoisotopic (exact) mass is 517 g/mol. The van der Waals surface area contributed by atoms with Crippen LogP contribution >= 0.6 is 51.2 Å². The largest absolute Gasteiger partial charge is 0.293 e. The molecule has 0 saturated heterocycles. The number of hydrogen-bond acceptors (Lipinski definition) is 6. The van der Waals surface area contributed by atoms with Crippen molar-refractivity contribution in [3.05, 3.63) is 78.9 Å². The number of rotatable bonds is 6. The molecule has 0 N–H and O–H groups in total. The van der Waals surface area contributed by atoms with Crippen molar-refractivity contribution in [3.63, 3.8) is 0 Å². The van der Waals surface area contributed by atoms with E-state index in [0.717, 1.165) is 10.2 Å². The molecule has 0 radical (unpaired) electrons. The fourth-order valence-electron chi connectivity index (χ4n) is 3.01. The van der Waals surface area contributed by atoms with Gasteiger partial charge in [0, 0.05) is 22.3 Å². The standard InChI is InChI=1S/C21H16BrN3O2S3/c1-2-24-19(27)17-18(25(21(28)30-17)15-6-4-3-5-7-15)23-20(24)29-12-16(26)13-8-10-14(22)11-9-13/h3-11H,2,12H2,1H3. The minimum absolute atomic E-state index is 0.0188. The van der Waals surface area contributed by atoms with Crippen LogP contribution in [0.1, 0.15) is 17.3 Å². The number of hydrogen-bond donors (Lipinski definition) is 0. The molecule has 0 bridgehead atoms. The molecule has 0 atom stereocenters. The second-order valence-corrected chi connectivity index (χ2v) is 9.86. The van der Waals surface area contributed by atoms with Gasteiger partial charge in [-0.2, -0.15) is 0 Å². The van der Waals surface area contributed by atoms with Crippen molar-refractivity contribution in [2.75, 3.05) is 5.75 Å². The van der Waals surface area contributed by atoms with E-state index >= 15 is 0 Å². The lowest BCUT2D eigenvalue weighted by molar-refractivity contribution is 0.102. The molecule has 9 heteroatoms. The van der Waals surface area contributed by atoms with Gasteiger partial charge >= 0.3 is 0 Å². The number of ketones is 1. The summed E-state index contributed by atoms with van der Waals surface area (Å²) in [6, 6.07) is 16.9. The fraction of sp³-hybridized carbons (Fsp3) is 0.143. The van der Waals surface area contributed by atoms with E-state index in [1.807, 2.05) is 54.0 Å². The second-order valence-electron chi connectivity index (χ2n) is 6.35. The number of para-hydroxylation sites is 1. The first-order valence-corrected chi connectivity index (χ1v) is 12.1. The number of nitrogens with zero attached hydrogens (tertiary/aromatic N) is 3. The molecule has 2 aromatic carbocycles. The Balaban J connectivity index is 1.76. The van der Waals surface area contributed by atoms with Gasteiger partial charge in [-0.3, -0.25) is 18.7 Å². The molecule has 30 heavy (non-hydrogen) atoms. The van der Waals surface area contributed by atoms with Crippen molar-refractivity contribution >= 4 is 67.4 Å². The fourth-order valence-corrected chi connectivity index (χ4v) is 5.55. The lowest BCUT2D eigenvalue weighted by Crippen LogP contribution is -2.22. The molecule has 0 saturated carbocycles. The molecule has 0 spiro atoms. The second kappa shape index (κ2) is 8.97. The van der Waals surface area contributed by atoms with Crippen LogP contribution in [0.4, 0.5) is 0 Å². The molecule has 4 rings (SSSR count). The lowest BCUT2D eigenvalue weighted by Gasteiger charge is -2.11. The molecule has 0 unspecified atom stereocenters. The zero-order chi connectivity index (χ0) is 21.3. The van der Waals surface area contributed by atoms with E-state index in [2.05, 4.69) is 15.9 Å². The number of fused-ring (bicyclic) bond motifs is 1. The van der Waals surface area contributed by atoms with Crippen LogP contribution in [0.25, 0.3) is 16.0 Å². The predicted octanol–water partition coefficient (Wildman–Crippen LogP) is 5.74. The van der Waals surface area contributed by atoms with Gasteiger partial charge in [-0.1, -0.05) is 69.4 Å². The summed E-state index contributed by atoms with van der Waals surface area (Å²) >= 11 is 11.4. The van der Waals surface area contributed by atoms with Crippen LogP contribution in [0.15, 0.2) is 69.0 Å². The van der Waals surface area contributed by atoms with Crippen LogP contribution in [0.3, 0.4) is 0 Å². The highest BCUT2D eigenvalue weighted by Crippen LogP contribution is 2.26. The van der Waals surface area contributed by atoms with E-state index in [1.54, 1.807) is 16.7 Å². The first-order chi connectivity index (χ1) is 14.5. The Morgan fingerprint density at radius 3 is 2.53 bits per heavy atom. The van der Waals surface area contributed by atoms with E-state index < -0.39 is 0 Å². The van der Waals surface area contributed by atoms with Crippen LogP contribution in [0, 0.1) is 3.95 Å². The Labute approximate surface area is 194 Å². The van der Waals surface area contributed by atoms with E-state index in [4.69, 9.17) is 17.2 Å². The Hall–Kier alpha value is -2.07. The zero-order valence-corrected chi connectivity index (χ0v) is 19.9. The third-order valence-electron chi connectivity index (χ3n) is 4.49. The minimum atomic E-state index is -0.133. The van der Waals surface area contributed by atoms with Gasteiger partial charge in [-0.25, -0.2) is 4.98 Å². The van der Waals surface area contributed by atoms with Crippen LogP contribution in [0.2, 0.25) is 0 Å². The molecule has 5 nitrogen and oxygen atoms in total. The number of aromatic nitrogens is 3. The molecule has 4 aromatic rings. The highest BCUT2D eigenvalue weighted by molar-refractivity contribution is 9.10. The van der Waals surface area contributed by atoms with Gasteiger partial charge in [0.15, 0.2) is 20.5 Å². The normalized spacial score (nSPS) is 11.1. The van der Waals surface area contributed by atoms with Gasteiger partial charge in [0.1, 0.15) is 4.70 Å². The summed E-state index contributed by atoms with van der Waals surface area (Å²) in [4.78, 5) is 30.5. The Morgan fingerprint density at radius 1 is 1.17 bits per heavy atom. The highest BCUT2D eigenvalue weighted by Gasteiger charge is 2.18. The number of benzene rings is 2. The number of thioether (sulfide) groups is 1. The summed E-state index contributed by atoms with van der Waals surface area (Å²) < 4.78 is 5.42. The number of carbonyl (C=O) groups excluding carboxylic acids is 1. The van der Waals surface area contributed by atoms with Crippen molar-refractivity contribution in [1.29, 1.82) is 0 Å². The summed E-state index contributed by atoms with van der Waals surface area (Å²) in [5.41, 5.74) is 1.88. The minimum Gasteiger partial charge on any atom is -0.293 e. The first-order valence-electron chi connectivity index (χ1n) is 9.13. The van der Waals surface area contributed by atoms with Crippen molar-refractivity contribution < 1.29 is 4.79 Å². The van der Waals surface area contributed by atoms with E-state index in [1.165, 1.54) is 23.1 Å². The molecule has 0 aliphatic rings.